The van der Waals surface area contributed by atoms with Crippen LogP contribution in [0.3, 0.4) is 0 Å². The highest BCUT2D eigenvalue weighted by molar-refractivity contribution is 7.91. The van der Waals surface area contributed by atoms with E-state index in [1.807, 2.05) is 6.07 Å². The molecule has 5 nitrogen and oxygen atoms in total. The predicted octanol–water partition coefficient (Wildman–Crippen LogP) is 0.617. The molecule has 0 unspecified atom stereocenters. The van der Waals surface area contributed by atoms with Gasteiger partial charge in [-0.15, -0.1) is 0 Å². The molecule has 1 amide bonds. The molecule has 98 valence electrons. The number of hydrogen-bond donors (Lipinski definition) is 0. The lowest BCUT2D eigenvalue weighted by Crippen LogP contribution is -2.36. The van der Waals surface area contributed by atoms with Crippen molar-refractivity contribution in [2.75, 3.05) is 12.0 Å². The van der Waals surface area contributed by atoms with Crippen LogP contribution in [0.4, 0.5) is 0 Å². The normalized spacial score (nSPS) is 15.4. The van der Waals surface area contributed by atoms with Crippen LogP contribution in [0, 0.1) is 0 Å². The average molecular weight is 268 g/mol. The Morgan fingerprint density at radius 1 is 1.50 bits per heavy atom. The molecule has 0 N–H and O–H groups in total. The van der Waals surface area contributed by atoms with Crippen molar-refractivity contribution in [3.8, 4) is 0 Å². The number of carbonyl (C=O) groups is 1. The number of amides is 1. The van der Waals surface area contributed by atoms with Crippen LogP contribution in [0.5, 0.6) is 0 Å². The van der Waals surface area contributed by atoms with Crippen LogP contribution in [0.1, 0.15) is 18.4 Å². The minimum absolute atomic E-state index is 0.194. The Balaban J connectivity index is 2.07. The van der Waals surface area contributed by atoms with Crippen molar-refractivity contribution in [3.63, 3.8) is 0 Å². The van der Waals surface area contributed by atoms with Crippen molar-refractivity contribution >= 4 is 15.7 Å². The minimum Gasteiger partial charge on any atom is -0.334 e. The molecule has 0 atom stereocenters. The molecule has 1 aliphatic rings. The third-order valence-electron chi connectivity index (χ3n) is 2.77. The largest absolute Gasteiger partial charge is 0.334 e. The Bertz CT molecular complexity index is 524. The van der Waals surface area contributed by atoms with Gasteiger partial charge in [-0.2, -0.15) is 0 Å². The zero-order chi connectivity index (χ0) is 13.2. The number of rotatable bonds is 5. The van der Waals surface area contributed by atoms with E-state index in [9.17, 15) is 13.2 Å². The third kappa shape index (κ3) is 3.80. The van der Waals surface area contributed by atoms with Crippen molar-refractivity contribution in [1.29, 1.82) is 0 Å². The summed E-state index contributed by atoms with van der Waals surface area (Å²) in [5, 5.41) is 0. The number of aromatic nitrogens is 1. The molecule has 0 radical (unpaired) electrons. The van der Waals surface area contributed by atoms with E-state index >= 15 is 0 Å². The van der Waals surface area contributed by atoms with E-state index in [0.29, 0.717) is 6.54 Å². The zero-order valence-corrected chi connectivity index (χ0v) is 11.1. The maximum atomic E-state index is 12.0. The molecule has 0 bridgehead atoms. The fourth-order valence-corrected chi connectivity index (χ4v) is 2.42. The summed E-state index contributed by atoms with van der Waals surface area (Å²) in [5.41, 5.74) is 0.922. The van der Waals surface area contributed by atoms with Gasteiger partial charge < -0.3 is 4.90 Å². The SMILES string of the molecule is CS(=O)(=O)CC(=O)N(Cc1cccnc1)C1CC1. The molecule has 18 heavy (non-hydrogen) atoms. The van der Waals surface area contributed by atoms with Gasteiger partial charge in [-0.3, -0.25) is 9.78 Å². The lowest BCUT2D eigenvalue weighted by Gasteiger charge is -2.22. The highest BCUT2D eigenvalue weighted by Gasteiger charge is 2.33. The summed E-state index contributed by atoms with van der Waals surface area (Å²) in [6, 6.07) is 3.89. The Kier molecular flexibility index (Phi) is 3.65. The van der Waals surface area contributed by atoms with E-state index in [4.69, 9.17) is 0 Å². The van der Waals surface area contributed by atoms with Crippen LogP contribution >= 0.6 is 0 Å². The molecule has 0 aromatic carbocycles. The molecule has 2 rings (SSSR count). The smallest absolute Gasteiger partial charge is 0.238 e. The molecule has 0 aliphatic heterocycles. The fraction of sp³-hybridized carbons (Fsp3) is 0.500. The number of pyridine rings is 1. The second-order valence-electron chi connectivity index (χ2n) is 4.68. The highest BCUT2D eigenvalue weighted by Crippen LogP contribution is 2.28. The summed E-state index contributed by atoms with van der Waals surface area (Å²) < 4.78 is 22.4. The second-order valence-corrected chi connectivity index (χ2v) is 6.82. The Hall–Kier alpha value is -1.43. The summed E-state index contributed by atoms with van der Waals surface area (Å²) >= 11 is 0. The first-order valence-electron chi connectivity index (χ1n) is 5.82. The van der Waals surface area contributed by atoms with Crippen molar-refractivity contribution in [2.45, 2.75) is 25.4 Å². The number of sulfone groups is 1. The van der Waals surface area contributed by atoms with Crippen LogP contribution < -0.4 is 0 Å². The molecule has 1 fully saturated rings. The number of nitrogens with zero attached hydrogens (tertiary/aromatic N) is 2. The van der Waals surface area contributed by atoms with Crippen LogP contribution in [0.2, 0.25) is 0 Å². The molecule has 1 aromatic rings. The van der Waals surface area contributed by atoms with Crippen LogP contribution in [-0.4, -0.2) is 42.3 Å². The van der Waals surface area contributed by atoms with E-state index in [-0.39, 0.29) is 11.9 Å². The minimum atomic E-state index is -3.27. The molecule has 6 heteroatoms. The van der Waals surface area contributed by atoms with Gasteiger partial charge in [-0.05, 0) is 24.5 Å². The van der Waals surface area contributed by atoms with Gasteiger partial charge in [-0.25, -0.2) is 8.42 Å². The Morgan fingerprint density at radius 2 is 2.22 bits per heavy atom. The molecule has 1 aliphatic carbocycles. The average Bonchev–Trinajstić information content (AvgIpc) is 3.08. The van der Waals surface area contributed by atoms with Gasteiger partial charge in [-0.1, -0.05) is 6.07 Å². The van der Waals surface area contributed by atoms with Crippen molar-refractivity contribution in [3.05, 3.63) is 30.1 Å². The van der Waals surface area contributed by atoms with E-state index in [1.165, 1.54) is 0 Å². The van der Waals surface area contributed by atoms with Gasteiger partial charge in [0.2, 0.25) is 5.91 Å². The molecular weight excluding hydrogens is 252 g/mol. The lowest BCUT2D eigenvalue weighted by molar-refractivity contribution is -0.129. The Morgan fingerprint density at radius 3 is 2.72 bits per heavy atom. The number of carbonyl (C=O) groups excluding carboxylic acids is 1. The fourth-order valence-electron chi connectivity index (χ4n) is 1.80. The van der Waals surface area contributed by atoms with Gasteiger partial charge >= 0.3 is 0 Å². The second kappa shape index (κ2) is 5.06. The van der Waals surface area contributed by atoms with E-state index in [0.717, 1.165) is 24.7 Å². The summed E-state index contributed by atoms with van der Waals surface area (Å²) in [7, 11) is -3.27. The monoisotopic (exact) mass is 268 g/mol. The maximum Gasteiger partial charge on any atom is 0.238 e. The van der Waals surface area contributed by atoms with E-state index < -0.39 is 15.6 Å². The lowest BCUT2D eigenvalue weighted by atomic mass is 10.2. The van der Waals surface area contributed by atoms with Crippen LogP contribution in [0.15, 0.2) is 24.5 Å². The highest BCUT2D eigenvalue weighted by atomic mass is 32.2. The summed E-state index contributed by atoms with van der Waals surface area (Å²) in [6.45, 7) is 0.437. The molecule has 1 saturated carbocycles. The van der Waals surface area contributed by atoms with Crippen molar-refractivity contribution < 1.29 is 13.2 Å². The topological polar surface area (TPSA) is 67.3 Å². The summed E-state index contributed by atoms with van der Waals surface area (Å²) in [4.78, 5) is 17.6. The van der Waals surface area contributed by atoms with Crippen molar-refractivity contribution in [1.82, 2.24) is 9.88 Å². The van der Waals surface area contributed by atoms with E-state index in [2.05, 4.69) is 4.98 Å². The molecule has 0 saturated heterocycles. The molecule has 1 heterocycles. The van der Waals surface area contributed by atoms with Gasteiger partial charge in [0.15, 0.2) is 9.84 Å². The maximum absolute atomic E-state index is 12.0. The summed E-state index contributed by atoms with van der Waals surface area (Å²) in [5.74, 6) is -0.729. The number of hydrogen-bond acceptors (Lipinski definition) is 4. The van der Waals surface area contributed by atoms with Gasteiger partial charge in [0.25, 0.3) is 0 Å². The van der Waals surface area contributed by atoms with E-state index in [1.54, 1.807) is 23.4 Å². The first-order chi connectivity index (χ1) is 8.46. The standard InChI is InChI=1S/C12H16N2O3S/c1-18(16,17)9-12(15)14(11-4-5-11)8-10-3-2-6-13-7-10/h2-3,6-7,11H,4-5,8-9H2,1H3. The van der Waals surface area contributed by atoms with Crippen LogP contribution in [0.25, 0.3) is 0 Å². The quantitative estimate of drug-likeness (QED) is 0.785. The van der Waals surface area contributed by atoms with Gasteiger partial charge in [0, 0.05) is 31.2 Å². The molecule has 1 aromatic heterocycles. The summed E-state index contributed by atoms with van der Waals surface area (Å²) in [6.07, 6.45) is 6.36. The zero-order valence-electron chi connectivity index (χ0n) is 10.2. The molecule has 0 spiro atoms. The van der Waals surface area contributed by atoms with Crippen LogP contribution in [-0.2, 0) is 21.2 Å². The van der Waals surface area contributed by atoms with Gasteiger partial charge in [0.1, 0.15) is 5.75 Å². The van der Waals surface area contributed by atoms with Gasteiger partial charge in [0.05, 0.1) is 0 Å². The third-order valence-corrected chi connectivity index (χ3v) is 3.54. The van der Waals surface area contributed by atoms with Crippen molar-refractivity contribution in [2.24, 2.45) is 0 Å². The first kappa shape index (κ1) is 13.0. The molecular formula is C12H16N2O3S. The first-order valence-corrected chi connectivity index (χ1v) is 7.88. The Labute approximate surface area is 107 Å². The predicted molar refractivity (Wildman–Crippen MR) is 67.5 cm³/mol.